The highest BCUT2D eigenvalue weighted by atomic mass is 127. The molecule has 0 aliphatic heterocycles. The van der Waals surface area contributed by atoms with Gasteiger partial charge >= 0.3 is 0 Å². The summed E-state index contributed by atoms with van der Waals surface area (Å²) < 4.78 is 9.58. The van der Waals surface area contributed by atoms with Gasteiger partial charge in [0.15, 0.2) is 9.53 Å². The minimum Gasteiger partial charge on any atom is -0.449 e. The van der Waals surface area contributed by atoms with E-state index >= 15 is 0 Å². The van der Waals surface area contributed by atoms with Gasteiger partial charge in [-0.2, -0.15) is 0 Å². The van der Waals surface area contributed by atoms with E-state index in [1.807, 2.05) is 40.9 Å². The van der Waals surface area contributed by atoms with Gasteiger partial charge in [0.1, 0.15) is 15.0 Å². The second-order valence-corrected chi connectivity index (χ2v) is 5.37. The van der Waals surface area contributed by atoms with Gasteiger partial charge in [-0.05, 0) is 69.4 Å². The summed E-state index contributed by atoms with van der Waals surface area (Å²) in [6, 6.07) is 9.85. The van der Waals surface area contributed by atoms with Gasteiger partial charge in [-0.1, -0.05) is 6.07 Å². The number of aromatic nitrogens is 2. The quantitative estimate of drug-likeness (QED) is 0.544. The summed E-state index contributed by atoms with van der Waals surface area (Å²) >= 11 is 4.44. The lowest BCUT2D eigenvalue weighted by molar-refractivity contribution is 0.550. The van der Waals surface area contributed by atoms with Crippen molar-refractivity contribution in [2.24, 2.45) is 0 Å². The van der Waals surface area contributed by atoms with Crippen LogP contribution in [-0.2, 0) is 0 Å². The van der Waals surface area contributed by atoms with E-state index in [2.05, 4.69) is 50.2 Å². The van der Waals surface area contributed by atoms with Crippen molar-refractivity contribution in [1.82, 2.24) is 9.38 Å². The molecule has 0 N–H and O–H groups in total. The molecule has 0 bridgehead atoms. The van der Waals surface area contributed by atoms with Crippen LogP contribution in [0.25, 0.3) is 17.1 Å². The first kappa shape index (κ1) is 10.6. The largest absolute Gasteiger partial charge is 0.449 e. The molecule has 16 heavy (non-hydrogen) atoms. The fraction of sp³-hybridized carbons (Fsp3) is 0. The minimum absolute atomic E-state index is 0.817. The van der Waals surface area contributed by atoms with Crippen LogP contribution < -0.4 is 0 Å². The van der Waals surface area contributed by atoms with Crippen molar-refractivity contribution in [3.8, 4) is 11.5 Å². The molecule has 0 unspecified atom stereocenters. The second kappa shape index (κ2) is 4.02. The third kappa shape index (κ3) is 1.65. The van der Waals surface area contributed by atoms with Crippen molar-refractivity contribution in [2.45, 2.75) is 0 Å². The molecule has 0 amide bonds. The Hall–Kier alpha value is -0.570. The molecule has 5 heteroatoms. The Morgan fingerprint density at radius 3 is 2.69 bits per heavy atom. The van der Waals surface area contributed by atoms with Crippen LogP contribution in [0.2, 0.25) is 0 Å². The summed E-state index contributed by atoms with van der Waals surface area (Å²) in [7, 11) is 0. The van der Waals surface area contributed by atoms with E-state index in [4.69, 9.17) is 4.42 Å². The SMILES string of the molecule is Ic1ccc(-c2nc3ccccn3c2I)o1. The van der Waals surface area contributed by atoms with Crippen LogP contribution in [0.1, 0.15) is 0 Å². The number of hydrogen-bond donors (Lipinski definition) is 0. The number of pyridine rings is 1. The van der Waals surface area contributed by atoms with E-state index in [9.17, 15) is 0 Å². The van der Waals surface area contributed by atoms with Gasteiger partial charge in [0.05, 0.1) is 0 Å². The maximum absolute atomic E-state index is 5.59. The van der Waals surface area contributed by atoms with Gasteiger partial charge in [0.2, 0.25) is 0 Å². The Bertz CT molecular complexity index is 657. The molecule has 0 aliphatic rings. The summed E-state index contributed by atoms with van der Waals surface area (Å²) in [5.41, 5.74) is 1.84. The van der Waals surface area contributed by atoms with E-state index in [0.29, 0.717) is 0 Å². The van der Waals surface area contributed by atoms with Crippen LogP contribution in [0, 0.1) is 7.47 Å². The normalized spacial score (nSPS) is 11.1. The number of fused-ring (bicyclic) bond motifs is 1. The molecular weight excluding hydrogens is 430 g/mol. The van der Waals surface area contributed by atoms with Crippen LogP contribution >= 0.6 is 45.2 Å². The third-order valence-corrected chi connectivity index (χ3v) is 3.89. The highest BCUT2D eigenvalue weighted by Crippen LogP contribution is 2.27. The van der Waals surface area contributed by atoms with Crippen molar-refractivity contribution in [2.75, 3.05) is 0 Å². The summed E-state index contributed by atoms with van der Waals surface area (Å²) in [6.45, 7) is 0. The Labute approximate surface area is 119 Å². The van der Waals surface area contributed by atoms with Crippen molar-refractivity contribution < 1.29 is 4.42 Å². The third-order valence-electron chi connectivity index (χ3n) is 2.28. The van der Waals surface area contributed by atoms with Gasteiger partial charge in [-0.15, -0.1) is 0 Å². The molecule has 0 aromatic carbocycles. The van der Waals surface area contributed by atoms with Crippen LogP contribution in [0.4, 0.5) is 0 Å². The lowest BCUT2D eigenvalue weighted by Crippen LogP contribution is -1.84. The Morgan fingerprint density at radius 1 is 1.12 bits per heavy atom. The van der Waals surface area contributed by atoms with E-state index in [1.165, 1.54) is 0 Å². The lowest BCUT2D eigenvalue weighted by Gasteiger charge is -1.93. The average Bonchev–Trinajstić information content (AvgIpc) is 2.84. The maximum Gasteiger partial charge on any atom is 0.164 e. The Balaban J connectivity index is 2.28. The zero-order valence-corrected chi connectivity index (χ0v) is 12.3. The summed E-state index contributed by atoms with van der Waals surface area (Å²) in [6.07, 6.45) is 2.00. The molecule has 80 valence electrons. The highest BCUT2D eigenvalue weighted by molar-refractivity contribution is 14.1. The second-order valence-electron chi connectivity index (χ2n) is 3.28. The molecular formula is C11H6I2N2O. The van der Waals surface area contributed by atoms with Gasteiger partial charge in [0, 0.05) is 6.20 Å². The summed E-state index contributed by atoms with van der Waals surface area (Å²) in [4.78, 5) is 4.55. The highest BCUT2D eigenvalue weighted by Gasteiger charge is 2.13. The molecule has 0 radical (unpaired) electrons. The average molecular weight is 436 g/mol. The number of halogens is 2. The first-order chi connectivity index (χ1) is 7.75. The van der Waals surface area contributed by atoms with E-state index in [-0.39, 0.29) is 0 Å². The standard InChI is InChI=1S/C11H6I2N2O/c12-8-5-4-7(16-8)10-11(13)15-6-2-1-3-9(15)14-10/h1-6H. The number of furan rings is 1. The molecule has 0 aliphatic carbocycles. The lowest BCUT2D eigenvalue weighted by atomic mass is 10.4. The molecule has 3 aromatic heterocycles. The zero-order valence-electron chi connectivity index (χ0n) is 8.02. The van der Waals surface area contributed by atoms with Crippen molar-refractivity contribution in [3.63, 3.8) is 0 Å². The number of hydrogen-bond acceptors (Lipinski definition) is 2. The van der Waals surface area contributed by atoms with Gasteiger partial charge in [-0.25, -0.2) is 4.98 Å². The minimum atomic E-state index is 0.817. The fourth-order valence-corrected chi connectivity index (χ4v) is 2.78. The zero-order chi connectivity index (χ0) is 11.1. The van der Waals surface area contributed by atoms with Gasteiger partial charge in [-0.3, -0.25) is 4.40 Å². The fourth-order valence-electron chi connectivity index (χ4n) is 1.56. The van der Waals surface area contributed by atoms with Crippen LogP contribution in [0.15, 0.2) is 40.9 Å². The van der Waals surface area contributed by atoms with Crippen LogP contribution in [0.5, 0.6) is 0 Å². The Kier molecular flexibility index (Phi) is 2.66. The van der Waals surface area contributed by atoms with Crippen molar-refractivity contribution >= 4 is 50.8 Å². The van der Waals surface area contributed by atoms with E-state index < -0.39 is 0 Å². The Morgan fingerprint density at radius 2 is 2.00 bits per heavy atom. The molecule has 0 spiro atoms. The van der Waals surface area contributed by atoms with E-state index in [0.717, 1.165) is 24.6 Å². The van der Waals surface area contributed by atoms with E-state index in [1.54, 1.807) is 0 Å². The number of rotatable bonds is 1. The molecule has 3 nitrogen and oxygen atoms in total. The first-order valence-corrected chi connectivity index (χ1v) is 6.80. The molecule has 0 saturated carbocycles. The van der Waals surface area contributed by atoms with Crippen molar-refractivity contribution in [1.29, 1.82) is 0 Å². The van der Waals surface area contributed by atoms with Crippen molar-refractivity contribution in [3.05, 3.63) is 44.0 Å². The summed E-state index contributed by atoms with van der Waals surface area (Å²) in [5, 5.41) is 0. The summed E-state index contributed by atoms with van der Waals surface area (Å²) in [5.74, 6) is 0.817. The number of nitrogens with zero attached hydrogens (tertiary/aromatic N) is 2. The maximum atomic E-state index is 5.59. The topological polar surface area (TPSA) is 30.4 Å². The molecule has 0 fully saturated rings. The molecule has 0 atom stereocenters. The monoisotopic (exact) mass is 436 g/mol. The molecule has 3 rings (SSSR count). The van der Waals surface area contributed by atoms with Crippen LogP contribution in [-0.4, -0.2) is 9.38 Å². The van der Waals surface area contributed by atoms with Crippen LogP contribution in [0.3, 0.4) is 0 Å². The van der Waals surface area contributed by atoms with Gasteiger partial charge in [0.25, 0.3) is 0 Å². The predicted octanol–water partition coefficient (Wildman–Crippen LogP) is 3.80. The van der Waals surface area contributed by atoms with Gasteiger partial charge < -0.3 is 4.42 Å². The molecule has 3 aromatic rings. The predicted molar refractivity (Wildman–Crippen MR) is 78.3 cm³/mol. The smallest absolute Gasteiger partial charge is 0.164 e. The first-order valence-electron chi connectivity index (χ1n) is 4.64. The molecule has 3 heterocycles. The molecule has 0 saturated heterocycles. The number of imidazole rings is 1.